The minimum Gasteiger partial charge on any atom is -0.506 e. The Hall–Kier alpha value is -6.21. The fourth-order valence-corrected chi connectivity index (χ4v) is 5.74. The van der Waals surface area contributed by atoms with Gasteiger partial charge in [0.25, 0.3) is 11.4 Å². The molecule has 0 fully saturated rings. The van der Waals surface area contributed by atoms with Crippen LogP contribution in [0.1, 0.15) is 29.2 Å². The number of carbonyl (C=O) groups excluding carboxylic acids is 3. The Kier molecular flexibility index (Phi) is 15.1. The molecule has 1 amide bonds. The molecule has 286 valence electrons. The van der Waals surface area contributed by atoms with E-state index in [0.717, 1.165) is 42.7 Å². The number of nitrogens with one attached hydrogen (secondary N) is 4. The zero-order valence-corrected chi connectivity index (χ0v) is 34.0. The zero-order chi connectivity index (χ0) is 40.0. The van der Waals surface area contributed by atoms with Crippen molar-refractivity contribution in [2.24, 2.45) is 10.2 Å². The number of aromatic hydroxyl groups is 2. The van der Waals surface area contributed by atoms with Gasteiger partial charge in [-0.1, -0.05) is 36.4 Å². The first-order valence-corrected chi connectivity index (χ1v) is 17.5. The van der Waals surface area contributed by atoms with E-state index in [2.05, 4.69) is 31.1 Å². The van der Waals surface area contributed by atoms with Gasteiger partial charge in [-0.2, -0.15) is 10.2 Å². The van der Waals surface area contributed by atoms with E-state index in [1.165, 1.54) is 31.2 Å². The smallest absolute Gasteiger partial charge is 0.506 e. The molecule has 0 saturated heterocycles. The number of rotatable bonds is 9. The van der Waals surface area contributed by atoms with Gasteiger partial charge < -0.3 is 15.5 Å². The van der Waals surface area contributed by atoms with E-state index >= 15 is 0 Å². The molecule has 19 nitrogen and oxygen atoms in total. The van der Waals surface area contributed by atoms with Crippen molar-refractivity contribution in [2.45, 2.75) is 6.92 Å². The van der Waals surface area contributed by atoms with Gasteiger partial charge in [0.05, 0.1) is 27.5 Å². The molecule has 0 radical (unpaired) electrons. The first kappa shape index (κ1) is 45.2. The molecular weight excluding hydrogens is 815 g/mol. The molecule has 2 aliphatic carbocycles. The average Bonchev–Trinajstić information content (AvgIpc) is 3.11. The van der Waals surface area contributed by atoms with E-state index in [9.17, 15) is 53.2 Å². The third-order valence-electron chi connectivity index (χ3n) is 7.53. The maximum atomic E-state index is 12.4. The van der Waals surface area contributed by atoms with Gasteiger partial charge in [-0.15, -0.1) is 0 Å². The summed E-state index contributed by atoms with van der Waals surface area (Å²) >= 11 is 0. The summed E-state index contributed by atoms with van der Waals surface area (Å²) in [6.45, 7) is 1.34. The summed E-state index contributed by atoms with van der Waals surface area (Å²) in [4.78, 5) is 56.7. The summed E-state index contributed by atoms with van der Waals surface area (Å²) in [5.41, 5.74) is 6.63. The van der Waals surface area contributed by atoms with Gasteiger partial charge in [0.2, 0.25) is 27.5 Å². The molecular formula is C35H28CrN8NaO11S+. The zero-order valence-electron chi connectivity index (χ0n) is 29.9. The number of hydrogen-bond donors (Lipinski definition) is 6. The number of phenolic OH excluding ortho intramolecular Hbond substituents is 2. The monoisotopic (exact) mass is 843 g/mol. The SMILES string of the molecule is CC(=O)Nc1cccc2c1/C(=N/Nc1cc([N+](=O)[O-])ccc1O)C(=O)C=C2.CS(=O)(=O)Nc1cccc2c1/C(=N/Nc1cc([N+](=O)[O-])ccc1O)C(=O)C=C2.[Cr].[Na+]. The molecule has 2 aliphatic rings. The summed E-state index contributed by atoms with van der Waals surface area (Å²) in [6.07, 6.45) is 6.69. The van der Waals surface area contributed by atoms with Crippen molar-refractivity contribution in [2.75, 3.05) is 27.1 Å². The second-order valence-corrected chi connectivity index (χ2v) is 13.3. The summed E-state index contributed by atoms with van der Waals surface area (Å²) in [5, 5.41) is 52.2. The first-order chi connectivity index (χ1) is 26.0. The standard InChI is InChI=1S/C18H14N4O5.C17H14N4O6S.Cr.Na/c1-10(23)19-13-4-2-3-11-5-7-16(25)18(17(11)13)21-20-14-9-12(22(26)27)6-8-15(14)24;1-28(26,27)20-12-4-2-3-10-5-7-15(23)17(16(10)12)19-18-13-9-11(21(24)25)6-8-14(13)22;;/h2-9,20,24H,1H3,(H,19,23);2-9,18,20,22H,1H3;;/q;;;+1/b21-18+;19-17+;;. The van der Waals surface area contributed by atoms with Crippen LogP contribution in [0.25, 0.3) is 12.2 Å². The number of allylic oxidation sites excluding steroid dienone is 2. The number of ketones is 2. The quantitative estimate of drug-likeness (QED) is 0.0607. The maximum Gasteiger partial charge on any atom is 1.00 e. The minimum absolute atomic E-state index is 0. The molecule has 0 aliphatic heterocycles. The number of carbonyl (C=O) groups is 3. The number of nitro groups is 2. The second-order valence-electron chi connectivity index (χ2n) is 11.6. The third-order valence-corrected chi connectivity index (χ3v) is 8.12. The summed E-state index contributed by atoms with van der Waals surface area (Å²) in [5.74, 6) is -1.81. The van der Waals surface area contributed by atoms with Crippen LogP contribution in [0.3, 0.4) is 0 Å². The molecule has 0 bridgehead atoms. The van der Waals surface area contributed by atoms with Gasteiger partial charge in [-0.25, -0.2) is 8.42 Å². The van der Waals surface area contributed by atoms with Crippen molar-refractivity contribution in [3.05, 3.63) is 127 Å². The van der Waals surface area contributed by atoms with E-state index in [4.69, 9.17) is 0 Å². The van der Waals surface area contributed by atoms with E-state index < -0.39 is 31.4 Å². The van der Waals surface area contributed by atoms with Gasteiger partial charge in [0.15, 0.2) is 0 Å². The van der Waals surface area contributed by atoms with Crippen LogP contribution >= 0.6 is 0 Å². The molecule has 0 aromatic heterocycles. The number of sulfonamides is 1. The van der Waals surface area contributed by atoms with Gasteiger partial charge in [0.1, 0.15) is 34.3 Å². The van der Waals surface area contributed by atoms with E-state index in [1.54, 1.807) is 36.4 Å². The van der Waals surface area contributed by atoms with Crippen LogP contribution in [0.5, 0.6) is 11.5 Å². The van der Waals surface area contributed by atoms with Gasteiger partial charge in [0, 0.05) is 59.7 Å². The largest absolute Gasteiger partial charge is 1.00 e. The van der Waals surface area contributed by atoms with Crippen molar-refractivity contribution in [1.29, 1.82) is 0 Å². The molecule has 6 N–H and O–H groups in total. The summed E-state index contributed by atoms with van der Waals surface area (Å²) in [6, 6.07) is 16.6. The van der Waals surface area contributed by atoms with Crippen LogP contribution in [-0.2, 0) is 41.8 Å². The van der Waals surface area contributed by atoms with Crippen molar-refractivity contribution >= 4 is 85.2 Å². The van der Waals surface area contributed by atoms with Crippen LogP contribution in [0.15, 0.2) is 95.2 Å². The molecule has 0 unspecified atom stereocenters. The van der Waals surface area contributed by atoms with E-state index in [-0.39, 0.29) is 110 Å². The molecule has 22 heteroatoms. The number of phenols is 2. The van der Waals surface area contributed by atoms with Crippen LogP contribution in [0.4, 0.5) is 34.1 Å². The Morgan fingerprint density at radius 2 is 1.11 bits per heavy atom. The van der Waals surface area contributed by atoms with Crippen LogP contribution in [0, 0.1) is 20.2 Å². The number of nitro benzene ring substituents is 2. The van der Waals surface area contributed by atoms with Crippen LogP contribution in [-0.4, -0.2) is 63.6 Å². The van der Waals surface area contributed by atoms with Crippen molar-refractivity contribution in [3.8, 4) is 11.5 Å². The molecule has 4 aromatic rings. The molecule has 0 atom stereocenters. The average molecular weight is 844 g/mol. The van der Waals surface area contributed by atoms with Gasteiger partial charge in [-0.05, 0) is 47.5 Å². The molecule has 57 heavy (non-hydrogen) atoms. The fraction of sp³-hybridized carbons (Fsp3) is 0.0571. The van der Waals surface area contributed by atoms with Crippen molar-refractivity contribution in [1.82, 2.24) is 0 Å². The Morgan fingerprint density at radius 1 is 0.684 bits per heavy atom. The number of fused-ring (bicyclic) bond motifs is 2. The first-order valence-electron chi connectivity index (χ1n) is 15.6. The minimum atomic E-state index is -3.62. The maximum absolute atomic E-state index is 12.4. The number of anilines is 4. The van der Waals surface area contributed by atoms with Crippen LogP contribution in [0.2, 0.25) is 0 Å². The number of amides is 1. The number of hydrazone groups is 2. The number of nitrogens with zero attached hydrogens (tertiary/aromatic N) is 4. The normalized spacial score (nSPS) is 13.8. The van der Waals surface area contributed by atoms with Gasteiger partial charge >= 0.3 is 29.6 Å². The van der Waals surface area contributed by atoms with Crippen molar-refractivity contribution in [3.63, 3.8) is 0 Å². The van der Waals surface area contributed by atoms with Gasteiger partial charge in [-0.3, -0.25) is 50.2 Å². The Morgan fingerprint density at radius 3 is 1.51 bits per heavy atom. The van der Waals surface area contributed by atoms with E-state index in [0.29, 0.717) is 22.4 Å². The topological polar surface area (TPSA) is 285 Å². The predicted molar refractivity (Wildman–Crippen MR) is 204 cm³/mol. The fourth-order valence-electron chi connectivity index (χ4n) is 5.17. The number of benzene rings is 4. The second kappa shape index (κ2) is 19.1. The van der Waals surface area contributed by atoms with Crippen LogP contribution < -0.4 is 50.4 Å². The number of hydrogen-bond acceptors (Lipinski definition) is 15. The molecule has 4 aromatic carbocycles. The molecule has 0 spiro atoms. The molecule has 0 heterocycles. The number of non-ortho nitro benzene ring substituents is 2. The third kappa shape index (κ3) is 11.2. The van der Waals surface area contributed by atoms with E-state index in [1.807, 2.05) is 0 Å². The summed E-state index contributed by atoms with van der Waals surface area (Å²) < 4.78 is 25.6. The predicted octanol–water partition coefficient (Wildman–Crippen LogP) is 1.76. The Balaban J connectivity index is 0.000000295. The Labute approximate surface area is 356 Å². The summed E-state index contributed by atoms with van der Waals surface area (Å²) in [7, 11) is -3.62. The molecule has 0 saturated carbocycles. The Bertz CT molecular complexity index is 2540. The molecule has 6 rings (SSSR count). The van der Waals surface area contributed by atoms with Crippen molar-refractivity contribution < 1.29 is 89.8 Å².